The first-order valence-electron chi connectivity index (χ1n) is 2.52. The second kappa shape index (κ2) is 2.85. The van der Waals surface area contributed by atoms with Crippen LogP contribution in [0.2, 0.25) is 0 Å². The molecule has 0 saturated carbocycles. The van der Waals surface area contributed by atoms with Crippen molar-refractivity contribution in [2.75, 3.05) is 0 Å². The summed E-state index contributed by atoms with van der Waals surface area (Å²) in [6, 6.07) is 3.95. The van der Waals surface area contributed by atoms with Crippen molar-refractivity contribution in [3.8, 4) is 0 Å². The minimum atomic E-state index is 1.00. The van der Waals surface area contributed by atoms with E-state index >= 15 is 0 Å². The van der Waals surface area contributed by atoms with Gasteiger partial charge in [0.2, 0.25) is 0 Å². The van der Waals surface area contributed by atoms with E-state index in [0.29, 0.717) is 0 Å². The van der Waals surface area contributed by atoms with Gasteiger partial charge in [-0.2, -0.15) is 0 Å². The van der Waals surface area contributed by atoms with Gasteiger partial charge in [-0.05, 0) is 0 Å². The van der Waals surface area contributed by atoms with Gasteiger partial charge in [0.15, 0.2) is 0 Å². The molecule has 0 fully saturated rings. The average molecular weight is 246 g/mol. The fourth-order valence-corrected chi connectivity index (χ4v) is 1.22. The Bertz CT molecular complexity index is 224. The summed E-state index contributed by atoms with van der Waals surface area (Å²) in [7, 11) is 0. The molecule has 1 aromatic rings. The number of pyridine rings is 1. The number of nitrogens with zero attached hydrogens (tertiary/aromatic N) is 1. The second-order valence-electron chi connectivity index (χ2n) is 1.74. The summed E-state index contributed by atoms with van der Waals surface area (Å²) in [6.45, 7) is 1.97. The van der Waals surface area contributed by atoms with Crippen LogP contribution in [0.15, 0.2) is 16.6 Å². The van der Waals surface area contributed by atoms with Gasteiger partial charge in [-0.3, -0.25) is 0 Å². The molecular formula is C6H5AsBrN. The van der Waals surface area contributed by atoms with Gasteiger partial charge in [0.1, 0.15) is 0 Å². The molecule has 0 aliphatic rings. The van der Waals surface area contributed by atoms with Crippen molar-refractivity contribution in [3.05, 3.63) is 22.3 Å². The normalized spacial score (nSPS) is 9.67. The Balaban J connectivity index is 3.17. The Kier molecular flexibility index (Phi) is 2.31. The first-order valence-corrected chi connectivity index (χ1v) is 4.25. The maximum absolute atomic E-state index is 4.20. The van der Waals surface area contributed by atoms with Gasteiger partial charge in [-0.15, -0.1) is 0 Å². The molecule has 9 heavy (non-hydrogen) atoms. The summed E-state index contributed by atoms with van der Waals surface area (Å²) in [5.74, 6) is 0. The van der Waals surface area contributed by atoms with E-state index in [2.05, 4.69) is 37.8 Å². The summed E-state index contributed by atoms with van der Waals surface area (Å²) in [5, 5.41) is 0. The third-order valence-electron chi connectivity index (χ3n) is 1.01. The molecule has 0 unspecified atom stereocenters. The van der Waals surface area contributed by atoms with E-state index in [9.17, 15) is 0 Å². The number of hydrogen-bond donors (Lipinski definition) is 0. The van der Waals surface area contributed by atoms with Gasteiger partial charge in [0.05, 0.1) is 0 Å². The van der Waals surface area contributed by atoms with Gasteiger partial charge in [-0.25, -0.2) is 0 Å². The summed E-state index contributed by atoms with van der Waals surface area (Å²) in [5.41, 5.74) is 1.04. The maximum atomic E-state index is 4.20. The Morgan fingerprint density at radius 1 is 1.56 bits per heavy atom. The van der Waals surface area contributed by atoms with Crippen LogP contribution in [0.4, 0.5) is 0 Å². The zero-order valence-corrected chi connectivity index (χ0v) is 8.39. The third kappa shape index (κ3) is 1.80. The van der Waals surface area contributed by atoms with E-state index in [1.54, 1.807) is 0 Å². The fraction of sp³-hybridized carbons (Fsp3) is 0.167. The quantitative estimate of drug-likeness (QED) is 0.621. The number of aryl methyl sites for hydroxylation is 1. The molecule has 1 nitrogen and oxygen atoms in total. The van der Waals surface area contributed by atoms with Gasteiger partial charge < -0.3 is 0 Å². The zero-order valence-electron chi connectivity index (χ0n) is 4.93. The summed E-state index contributed by atoms with van der Waals surface area (Å²) < 4.78 is 2.07. The van der Waals surface area contributed by atoms with E-state index in [1.807, 2.05) is 19.1 Å². The molecule has 1 heterocycles. The number of aromatic nitrogens is 1. The van der Waals surface area contributed by atoms with Crippen molar-refractivity contribution >= 4 is 37.3 Å². The third-order valence-corrected chi connectivity index (χ3v) is 2.37. The molecule has 0 atom stereocenters. The van der Waals surface area contributed by atoms with Crippen molar-refractivity contribution in [2.24, 2.45) is 0 Å². The van der Waals surface area contributed by atoms with E-state index in [-0.39, 0.29) is 0 Å². The molecule has 1 rings (SSSR count). The molecule has 0 saturated heterocycles. The van der Waals surface area contributed by atoms with Crippen LogP contribution in [0.1, 0.15) is 5.69 Å². The van der Waals surface area contributed by atoms with Crippen LogP contribution in [-0.4, -0.2) is 21.8 Å². The van der Waals surface area contributed by atoms with E-state index in [1.165, 1.54) is 0 Å². The van der Waals surface area contributed by atoms with Crippen molar-refractivity contribution in [2.45, 2.75) is 6.92 Å². The molecule has 3 heteroatoms. The average Bonchev–Trinajstić information content (AvgIpc) is 1.80. The van der Waals surface area contributed by atoms with Gasteiger partial charge in [-0.1, -0.05) is 0 Å². The molecule has 0 amide bonds. The summed E-state index contributed by atoms with van der Waals surface area (Å²) in [4.78, 5) is 4.20. The molecule has 0 aliphatic heterocycles. The molecule has 0 aromatic carbocycles. The molecule has 2 radical (unpaired) electrons. The Labute approximate surface area is 71.5 Å². The predicted octanol–water partition coefficient (Wildman–Crippen LogP) is 0.946. The number of hydrogen-bond acceptors (Lipinski definition) is 1. The van der Waals surface area contributed by atoms with Gasteiger partial charge in [0.25, 0.3) is 0 Å². The first-order chi connectivity index (χ1) is 4.20. The molecule has 0 N–H and O–H groups in total. The van der Waals surface area contributed by atoms with Gasteiger partial charge >= 0.3 is 71.5 Å². The first kappa shape index (κ1) is 7.30. The summed E-state index contributed by atoms with van der Waals surface area (Å²) in [6.07, 6.45) is 0. The van der Waals surface area contributed by atoms with E-state index in [0.717, 1.165) is 14.6 Å². The van der Waals surface area contributed by atoms with Crippen LogP contribution in [0.5, 0.6) is 0 Å². The molecule has 0 spiro atoms. The standard InChI is InChI=1S/C6H5AsBrN/c1-4-5(8)2-3-6(7)9-4/h2-3H,1H3. The number of halogens is 1. The monoisotopic (exact) mass is 245 g/mol. The van der Waals surface area contributed by atoms with Crippen molar-refractivity contribution in [1.29, 1.82) is 0 Å². The van der Waals surface area contributed by atoms with Crippen LogP contribution in [0.25, 0.3) is 0 Å². The van der Waals surface area contributed by atoms with Crippen molar-refractivity contribution in [1.82, 2.24) is 4.98 Å². The van der Waals surface area contributed by atoms with Crippen LogP contribution in [0, 0.1) is 6.92 Å². The fourth-order valence-electron chi connectivity index (χ4n) is 0.531. The Morgan fingerprint density at radius 2 is 2.22 bits per heavy atom. The zero-order chi connectivity index (χ0) is 6.85. The van der Waals surface area contributed by atoms with Crippen LogP contribution in [0.3, 0.4) is 0 Å². The van der Waals surface area contributed by atoms with Crippen LogP contribution >= 0.6 is 15.9 Å². The summed E-state index contributed by atoms with van der Waals surface area (Å²) >= 11 is 5.77. The predicted molar refractivity (Wildman–Crippen MR) is 42.1 cm³/mol. The van der Waals surface area contributed by atoms with Crippen LogP contribution in [-0.2, 0) is 0 Å². The Morgan fingerprint density at radius 3 is 2.67 bits per heavy atom. The van der Waals surface area contributed by atoms with Crippen LogP contribution < -0.4 is 4.48 Å². The van der Waals surface area contributed by atoms with E-state index < -0.39 is 0 Å². The topological polar surface area (TPSA) is 12.9 Å². The Hall–Kier alpha value is 0.188. The van der Waals surface area contributed by atoms with Crippen molar-refractivity contribution < 1.29 is 0 Å². The SMILES string of the molecule is Cc1nc([As])ccc1Br. The number of rotatable bonds is 0. The van der Waals surface area contributed by atoms with Gasteiger partial charge in [0, 0.05) is 0 Å². The molecule has 0 aliphatic carbocycles. The van der Waals surface area contributed by atoms with E-state index in [4.69, 9.17) is 0 Å². The molecule has 46 valence electrons. The molecule has 0 bridgehead atoms. The van der Waals surface area contributed by atoms with Crippen molar-refractivity contribution in [3.63, 3.8) is 0 Å². The molecular weight excluding hydrogens is 241 g/mol. The minimum absolute atomic E-state index is 1.00. The second-order valence-corrected chi connectivity index (χ2v) is 3.55. The molecule has 1 aromatic heterocycles.